The van der Waals surface area contributed by atoms with Gasteiger partial charge in [-0.2, -0.15) is 0 Å². The van der Waals surface area contributed by atoms with Gasteiger partial charge < -0.3 is 10.1 Å². The van der Waals surface area contributed by atoms with Crippen molar-refractivity contribution in [3.05, 3.63) is 5.82 Å². The average Bonchev–Trinajstić information content (AvgIpc) is 2.97. The normalized spacial score (nSPS) is 21.9. The molecule has 0 aliphatic carbocycles. The highest BCUT2D eigenvalue weighted by Gasteiger charge is 2.20. The molecule has 0 saturated carbocycles. The largest absolute Gasteiger partial charge is 0.376 e. The van der Waals surface area contributed by atoms with Gasteiger partial charge in [0.05, 0.1) is 18.7 Å². The van der Waals surface area contributed by atoms with Crippen molar-refractivity contribution in [2.24, 2.45) is 0 Å². The zero-order valence-corrected chi connectivity index (χ0v) is 10.6. The highest BCUT2D eigenvalue weighted by atomic mass is 16.5. The van der Waals surface area contributed by atoms with E-state index in [2.05, 4.69) is 34.7 Å². The van der Waals surface area contributed by atoms with Crippen LogP contribution in [0.4, 0.5) is 0 Å². The Kier molecular flexibility index (Phi) is 4.44. The van der Waals surface area contributed by atoms with Gasteiger partial charge >= 0.3 is 0 Å². The number of aromatic nitrogens is 4. The van der Waals surface area contributed by atoms with E-state index in [1.807, 2.05) is 4.68 Å². The van der Waals surface area contributed by atoms with E-state index in [1.54, 1.807) is 0 Å². The Morgan fingerprint density at radius 3 is 3.18 bits per heavy atom. The van der Waals surface area contributed by atoms with Gasteiger partial charge in [0.25, 0.3) is 0 Å². The third-order valence-corrected chi connectivity index (χ3v) is 3.05. The van der Waals surface area contributed by atoms with Crippen molar-refractivity contribution in [2.45, 2.75) is 51.8 Å². The minimum Gasteiger partial charge on any atom is -0.376 e. The van der Waals surface area contributed by atoms with Gasteiger partial charge in [0.15, 0.2) is 5.82 Å². The van der Waals surface area contributed by atoms with Crippen LogP contribution in [-0.4, -0.2) is 39.5 Å². The predicted octanol–water partition coefficient (Wildman–Crippen LogP) is 0.913. The van der Waals surface area contributed by atoms with Gasteiger partial charge in [-0.15, -0.1) is 5.10 Å². The molecule has 96 valence electrons. The maximum absolute atomic E-state index is 5.61. The zero-order chi connectivity index (χ0) is 12.1. The summed E-state index contributed by atoms with van der Waals surface area (Å²) in [6.45, 7) is 6.85. The number of hydrogen-bond donors (Lipinski definition) is 1. The van der Waals surface area contributed by atoms with Gasteiger partial charge in [-0.05, 0) is 43.2 Å². The lowest BCUT2D eigenvalue weighted by atomic mass is 10.2. The SMILES string of the molecule is CCCNC(C)c1nnnn1CC1CCCO1. The molecule has 1 saturated heterocycles. The standard InChI is InChI=1S/C11H21N5O/c1-3-6-12-9(2)11-13-14-15-16(11)8-10-5-4-7-17-10/h9-10,12H,3-8H2,1-2H3. The van der Waals surface area contributed by atoms with E-state index in [9.17, 15) is 0 Å². The first kappa shape index (κ1) is 12.4. The highest BCUT2D eigenvalue weighted by Crippen LogP contribution is 2.15. The van der Waals surface area contributed by atoms with E-state index >= 15 is 0 Å². The predicted molar refractivity (Wildman–Crippen MR) is 63.5 cm³/mol. The number of ether oxygens (including phenoxy) is 1. The molecule has 2 heterocycles. The Hall–Kier alpha value is -1.01. The number of rotatable bonds is 6. The van der Waals surface area contributed by atoms with E-state index in [0.717, 1.165) is 44.8 Å². The zero-order valence-electron chi connectivity index (χ0n) is 10.6. The van der Waals surface area contributed by atoms with Crippen LogP contribution < -0.4 is 5.32 Å². The van der Waals surface area contributed by atoms with Gasteiger partial charge in [0.1, 0.15) is 0 Å². The molecule has 6 nitrogen and oxygen atoms in total. The highest BCUT2D eigenvalue weighted by molar-refractivity contribution is 4.90. The minimum absolute atomic E-state index is 0.186. The van der Waals surface area contributed by atoms with E-state index in [-0.39, 0.29) is 12.1 Å². The maximum atomic E-state index is 5.61. The number of hydrogen-bond acceptors (Lipinski definition) is 5. The first-order valence-corrected chi connectivity index (χ1v) is 6.42. The molecule has 2 unspecified atom stereocenters. The molecule has 0 amide bonds. The van der Waals surface area contributed by atoms with Crippen LogP contribution in [0, 0.1) is 0 Å². The molecular weight excluding hydrogens is 218 g/mol. The van der Waals surface area contributed by atoms with E-state index in [4.69, 9.17) is 4.74 Å². The lowest BCUT2D eigenvalue weighted by Crippen LogP contribution is -2.25. The summed E-state index contributed by atoms with van der Waals surface area (Å²) < 4.78 is 7.47. The second-order valence-electron chi connectivity index (χ2n) is 4.53. The smallest absolute Gasteiger partial charge is 0.168 e. The topological polar surface area (TPSA) is 64.9 Å². The molecule has 1 fully saturated rings. The summed E-state index contributed by atoms with van der Waals surface area (Å²) in [5.74, 6) is 0.897. The maximum Gasteiger partial charge on any atom is 0.168 e. The van der Waals surface area contributed by atoms with Crippen LogP contribution in [0.15, 0.2) is 0 Å². The van der Waals surface area contributed by atoms with Gasteiger partial charge in [0.2, 0.25) is 0 Å². The van der Waals surface area contributed by atoms with Crippen LogP contribution >= 0.6 is 0 Å². The molecule has 17 heavy (non-hydrogen) atoms. The first-order valence-electron chi connectivity index (χ1n) is 6.42. The van der Waals surface area contributed by atoms with Gasteiger partial charge in [-0.25, -0.2) is 4.68 Å². The molecule has 6 heteroatoms. The third-order valence-electron chi connectivity index (χ3n) is 3.05. The Morgan fingerprint density at radius 1 is 1.59 bits per heavy atom. The van der Waals surface area contributed by atoms with Crippen LogP contribution in [0.3, 0.4) is 0 Å². The molecule has 2 atom stereocenters. The van der Waals surface area contributed by atoms with Gasteiger partial charge in [-0.1, -0.05) is 6.92 Å². The fourth-order valence-electron chi connectivity index (χ4n) is 2.09. The quantitative estimate of drug-likeness (QED) is 0.799. The molecule has 2 rings (SSSR count). The van der Waals surface area contributed by atoms with Crippen molar-refractivity contribution in [1.82, 2.24) is 25.5 Å². The molecule has 1 aromatic rings. The molecule has 0 spiro atoms. The fourth-order valence-corrected chi connectivity index (χ4v) is 2.09. The molecule has 1 aromatic heterocycles. The van der Waals surface area contributed by atoms with Crippen molar-refractivity contribution in [2.75, 3.05) is 13.2 Å². The van der Waals surface area contributed by atoms with Crippen LogP contribution in [-0.2, 0) is 11.3 Å². The van der Waals surface area contributed by atoms with Crippen molar-refractivity contribution in [3.63, 3.8) is 0 Å². The Balaban J connectivity index is 1.95. The summed E-state index contributed by atoms with van der Waals surface area (Å²) in [5, 5.41) is 15.3. The lowest BCUT2D eigenvalue weighted by molar-refractivity contribution is 0.0922. The molecule has 0 bridgehead atoms. The lowest BCUT2D eigenvalue weighted by Gasteiger charge is -2.15. The summed E-state index contributed by atoms with van der Waals surface area (Å²) in [4.78, 5) is 0. The van der Waals surface area contributed by atoms with E-state index < -0.39 is 0 Å². The van der Waals surface area contributed by atoms with Crippen LogP contribution in [0.1, 0.15) is 45.0 Å². The third kappa shape index (κ3) is 3.23. The van der Waals surface area contributed by atoms with Crippen LogP contribution in [0.2, 0.25) is 0 Å². The summed E-state index contributed by atoms with van der Waals surface area (Å²) >= 11 is 0. The van der Waals surface area contributed by atoms with Gasteiger partial charge in [0, 0.05) is 6.61 Å². The Labute approximate surface area is 102 Å². The van der Waals surface area contributed by atoms with Crippen LogP contribution in [0.5, 0.6) is 0 Å². The molecule has 1 N–H and O–H groups in total. The fraction of sp³-hybridized carbons (Fsp3) is 0.909. The molecule has 0 radical (unpaired) electrons. The van der Waals surface area contributed by atoms with Crippen molar-refractivity contribution >= 4 is 0 Å². The summed E-state index contributed by atoms with van der Waals surface area (Å²) in [5.41, 5.74) is 0. The Morgan fingerprint density at radius 2 is 2.47 bits per heavy atom. The number of tetrazole rings is 1. The minimum atomic E-state index is 0.186. The summed E-state index contributed by atoms with van der Waals surface area (Å²) in [6.07, 6.45) is 3.63. The number of nitrogens with one attached hydrogen (secondary N) is 1. The average molecular weight is 239 g/mol. The Bertz CT molecular complexity index is 334. The van der Waals surface area contributed by atoms with Gasteiger partial charge in [-0.3, -0.25) is 0 Å². The number of nitrogens with zero attached hydrogens (tertiary/aromatic N) is 4. The van der Waals surface area contributed by atoms with Crippen LogP contribution in [0.25, 0.3) is 0 Å². The molecular formula is C11H21N5O. The molecule has 1 aliphatic heterocycles. The second-order valence-corrected chi connectivity index (χ2v) is 4.53. The summed E-state index contributed by atoms with van der Waals surface area (Å²) in [7, 11) is 0. The van der Waals surface area contributed by atoms with E-state index in [0.29, 0.717) is 0 Å². The van der Waals surface area contributed by atoms with Crippen molar-refractivity contribution in [1.29, 1.82) is 0 Å². The first-order chi connectivity index (χ1) is 8.31. The second kappa shape index (κ2) is 6.07. The van der Waals surface area contributed by atoms with Crippen molar-refractivity contribution in [3.8, 4) is 0 Å². The molecule has 0 aromatic carbocycles. The summed E-state index contributed by atoms with van der Waals surface area (Å²) in [6, 6.07) is 0.186. The molecule has 1 aliphatic rings. The monoisotopic (exact) mass is 239 g/mol. The van der Waals surface area contributed by atoms with E-state index in [1.165, 1.54) is 0 Å². The van der Waals surface area contributed by atoms with Crippen molar-refractivity contribution < 1.29 is 4.74 Å².